The molecule has 42 heavy (non-hydrogen) atoms. The lowest BCUT2D eigenvalue weighted by Gasteiger charge is -2.25. The molecule has 0 bridgehead atoms. The molecule has 0 radical (unpaired) electrons. The van der Waals surface area contributed by atoms with Crippen LogP contribution in [0.1, 0.15) is 49.2 Å². The Kier molecular flexibility index (Phi) is 8.39. The Morgan fingerprint density at radius 1 is 1.10 bits per heavy atom. The number of benzene rings is 2. The van der Waals surface area contributed by atoms with Gasteiger partial charge in [-0.05, 0) is 35.7 Å². The van der Waals surface area contributed by atoms with Gasteiger partial charge in [0, 0.05) is 36.0 Å². The quantitative estimate of drug-likeness (QED) is 0.193. The van der Waals surface area contributed by atoms with E-state index in [0.717, 1.165) is 35.8 Å². The van der Waals surface area contributed by atoms with Gasteiger partial charge < -0.3 is 20.1 Å². The van der Waals surface area contributed by atoms with E-state index in [0.29, 0.717) is 5.56 Å². The van der Waals surface area contributed by atoms with Gasteiger partial charge in [-0.15, -0.1) is 0 Å². The number of aliphatic hydroxyl groups is 1. The number of ether oxygens (including phenoxy) is 1. The summed E-state index contributed by atoms with van der Waals surface area (Å²) in [6.07, 6.45) is 1.10. The standard InChI is InChI=1S/C31H30F3N5O3/c1-19(2)25-11-8-21(15-35-25)29(40)38-27-26(23-14-22(32)9-10-24(23)33)36-18-37-28(27)39-13-12-31(34,17-39)30(41)42-16-20-6-4-3-5-7-20/h3-11,14-15,18-19,29,38,40H,12-13,16-17H2,1-2H3. The van der Waals surface area contributed by atoms with Gasteiger partial charge in [0.05, 0.1) is 6.54 Å². The maximum Gasteiger partial charge on any atom is 0.346 e. The number of nitrogens with zero attached hydrogens (tertiary/aromatic N) is 4. The van der Waals surface area contributed by atoms with Crippen molar-refractivity contribution in [2.75, 3.05) is 23.3 Å². The van der Waals surface area contributed by atoms with Gasteiger partial charge in [0.1, 0.15) is 35.9 Å². The molecule has 3 heterocycles. The van der Waals surface area contributed by atoms with Gasteiger partial charge in [-0.2, -0.15) is 0 Å². The second-order valence-electron chi connectivity index (χ2n) is 10.5. The van der Waals surface area contributed by atoms with Crippen molar-refractivity contribution in [1.82, 2.24) is 15.0 Å². The van der Waals surface area contributed by atoms with E-state index in [4.69, 9.17) is 4.74 Å². The van der Waals surface area contributed by atoms with Gasteiger partial charge in [-0.1, -0.05) is 50.2 Å². The van der Waals surface area contributed by atoms with Crippen LogP contribution in [0, 0.1) is 11.6 Å². The molecule has 5 rings (SSSR count). The molecule has 1 saturated heterocycles. The van der Waals surface area contributed by atoms with Gasteiger partial charge >= 0.3 is 5.97 Å². The van der Waals surface area contributed by atoms with Crippen molar-refractivity contribution in [2.45, 2.75) is 44.7 Å². The molecule has 218 valence electrons. The molecule has 0 aliphatic carbocycles. The minimum atomic E-state index is -2.34. The Labute approximate surface area is 241 Å². The zero-order chi connectivity index (χ0) is 29.9. The number of rotatable bonds is 9. The molecule has 2 aromatic carbocycles. The minimum Gasteiger partial charge on any atom is -0.458 e. The Hall–Kier alpha value is -4.51. The fraction of sp³-hybridized carbons (Fsp3) is 0.290. The number of alkyl halides is 1. The Balaban J connectivity index is 1.46. The molecule has 1 aliphatic heterocycles. The fourth-order valence-electron chi connectivity index (χ4n) is 4.74. The van der Waals surface area contributed by atoms with Crippen molar-refractivity contribution < 1.29 is 27.8 Å². The fourth-order valence-corrected chi connectivity index (χ4v) is 4.74. The third-order valence-corrected chi connectivity index (χ3v) is 7.11. The van der Waals surface area contributed by atoms with E-state index in [2.05, 4.69) is 20.3 Å². The van der Waals surface area contributed by atoms with Crippen molar-refractivity contribution in [3.63, 3.8) is 0 Å². The molecule has 2 unspecified atom stereocenters. The summed E-state index contributed by atoms with van der Waals surface area (Å²) in [6, 6.07) is 15.3. The third kappa shape index (κ3) is 6.20. The highest BCUT2D eigenvalue weighted by atomic mass is 19.1. The molecule has 4 aromatic rings. The number of anilines is 2. The van der Waals surface area contributed by atoms with E-state index in [9.17, 15) is 18.7 Å². The van der Waals surface area contributed by atoms with Gasteiger partial charge in [0.2, 0.25) is 5.67 Å². The number of hydrogen-bond donors (Lipinski definition) is 2. The predicted octanol–water partition coefficient (Wildman–Crippen LogP) is 5.71. The van der Waals surface area contributed by atoms with Crippen LogP contribution in [0.15, 0.2) is 73.2 Å². The predicted molar refractivity (Wildman–Crippen MR) is 151 cm³/mol. The lowest BCUT2D eigenvalue weighted by Crippen LogP contribution is -2.39. The topological polar surface area (TPSA) is 100 Å². The van der Waals surface area contributed by atoms with Crippen molar-refractivity contribution in [2.24, 2.45) is 0 Å². The lowest BCUT2D eigenvalue weighted by atomic mass is 10.1. The summed E-state index contributed by atoms with van der Waals surface area (Å²) in [5, 5.41) is 14.0. The Morgan fingerprint density at radius 3 is 2.60 bits per heavy atom. The van der Waals surface area contributed by atoms with Crippen LogP contribution in [0.25, 0.3) is 11.3 Å². The SMILES string of the molecule is CC(C)c1ccc(C(O)Nc2c(-c3cc(F)ccc3F)ncnc2N2CCC(F)(C(=O)OCc3ccccc3)C2)cn1. The number of carbonyl (C=O) groups is 1. The highest BCUT2D eigenvalue weighted by Crippen LogP contribution is 2.40. The summed E-state index contributed by atoms with van der Waals surface area (Å²) in [4.78, 5) is 27.1. The molecular formula is C31H30F3N5O3. The van der Waals surface area contributed by atoms with E-state index in [1.807, 2.05) is 19.9 Å². The second-order valence-corrected chi connectivity index (χ2v) is 10.5. The van der Waals surface area contributed by atoms with Crippen molar-refractivity contribution >= 4 is 17.5 Å². The van der Waals surface area contributed by atoms with Gasteiger partial charge in [0.25, 0.3) is 0 Å². The Morgan fingerprint density at radius 2 is 1.88 bits per heavy atom. The molecular weight excluding hydrogens is 547 g/mol. The first-order valence-corrected chi connectivity index (χ1v) is 13.5. The minimum absolute atomic E-state index is 0.0318. The molecule has 1 aliphatic rings. The average Bonchev–Trinajstić information content (AvgIpc) is 3.40. The number of pyridine rings is 1. The van der Waals surface area contributed by atoms with Gasteiger partial charge in [-0.3, -0.25) is 4.98 Å². The van der Waals surface area contributed by atoms with Crippen LogP contribution in [0.5, 0.6) is 0 Å². The molecule has 0 saturated carbocycles. The number of aromatic nitrogens is 3. The van der Waals surface area contributed by atoms with Crippen LogP contribution in [0.4, 0.5) is 24.7 Å². The zero-order valence-corrected chi connectivity index (χ0v) is 23.1. The Bertz CT molecular complexity index is 1560. The molecule has 11 heteroatoms. The number of carbonyl (C=O) groups excluding carboxylic acids is 1. The van der Waals surface area contributed by atoms with Crippen LogP contribution < -0.4 is 10.2 Å². The summed E-state index contributed by atoms with van der Waals surface area (Å²) >= 11 is 0. The largest absolute Gasteiger partial charge is 0.458 e. The van der Waals surface area contributed by atoms with Crippen LogP contribution in [0.3, 0.4) is 0 Å². The number of esters is 1. The second kappa shape index (κ2) is 12.2. The monoisotopic (exact) mass is 577 g/mol. The third-order valence-electron chi connectivity index (χ3n) is 7.11. The molecule has 0 amide bonds. The van der Waals surface area contributed by atoms with Gasteiger partial charge in [-0.25, -0.2) is 27.9 Å². The van der Waals surface area contributed by atoms with E-state index >= 15 is 4.39 Å². The molecule has 2 aromatic heterocycles. The number of aliphatic hydroxyl groups excluding tert-OH is 1. The first-order chi connectivity index (χ1) is 20.1. The maximum absolute atomic E-state index is 15.9. The molecule has 1 fully saturated rings. The van der Waals surface area contributed by atoms with Crippen molar-refractivity contribution in [3.8, 4) is 11.3 Å². The lowest BCUT2D eigenvalue weighted by molar-refractivity contribution is -0.157. The zero-order valence-electron chi connectivity index (χ0n) is 23.1. The number of halogens is 3. The van der Waals surface area contributed by atoms with E-state index < -0.39 is 36.0 Å². The summed E-state index contributed by atoms with van der Waals surface area (Å²) in [5.41, 5.74) is -0.599. The number of hydrogen-bond acceptors (Lipinski definition) is 8. The molecule has 8 nitrogen and oxygen atoms in total. The smallest absolute Gasteiger partial charge is 0.346 e. The normalized spacial score (nSPS) is 17.4. The molecule has 2 atom stereocenters. The maximum atomic E-state index is 15.9. The van der Waals surface area contributed by atoms with E-state index in [-0.39, 0.29) is 48.3 Å². The van der Waals surface area contributed by atoms with Crippen LogP contribution >= 0.6 is 0 Å². The van der Waals surface area contributed by atoms with Crippen LogP contribution in [-0.4, -0.2) is 44.8 Å². The summed E-state index contributed by atoms with van der Waals surface area (Å²) in [5.74, 6) is -2.18. The highest BCUT2D eigenvalue weighted by molar-refractivity contribution is 5.86. The highest BCUT2D eigenvalue weighted by Gasteiger charge is 2.48. The van der Waals surface area contributed by atoms with Crippen molar-refractivity contribution in [1.29, 1.82) is 0 Å². The van der Waals surface area contributed by atoms with Gasteiger partial charge in [0.15, 0.2) is 12.0 Å². The first-order valence-electron chi connectivity index (χ1n) is 13.5. The van der Waals surface area contributed by atoms with E-state index in [1.54, 1.807) is 36.4 Å². The van der Waals surface area contributed by atoms with Crippen molar-refractivity contribution in [3.05, 3.63) is 102 Å². The van der Waals surface area contributed by atoms with Crippen LogP contribution in [0.2, 0.25) is 0 Å². The summed E-state index contributed by atoms with van der Waals surface area (Å²) < 4.78 is 50.3. The number of nitrogens with one attached hydrogen (secondary N) is 1. The molecule has 0 spiro atoms. The summed E-state index contributed by atoms with van der Waals surface area (Å²) in [7, 11) is 0. The average molecular weight is 578 g/mol. The first kappa shape index (κ1) is 29.0. The molecule has 2 N–H and O–H groups in total. The van der Waals surface area contributed by atoms with E-state index in [1.165, 1.54) is 11.1 Å². The van der Waals surface area contributed by atoms with Crippen LogP contribution in [-0.2, 0) is 16.1 Å². The summed E-state index contributed by atoms with van der Waals surface area (Å²) in [6.45, 7) is 3.56.